The van der Waals surface area contributed by atoms with Crippen LogP contribution in [0.5, 0.6) is 0 Å². The van der Waals surface area contributed by atoms with E-state index in [-0.39, 0.29) is 0 Å². The molecule has 0 rings (SSSR count). The lowest BCUT2D eigenvalue weighted by atomic mass is 10.1. The Balaban J connectivity index is 3.71. The summed E-state index contributed by atoms with van der Waals surface area (Å²) in [5.41, 5.74) is 0. The molecule has 4 heteroatoms. The third-order valence-corrected chi connectivity index (χ3v) is 5.85. The monoisotopic (exact) mass is 359 g/mol. The van der Waals surface area contributed by atoms with E-state index in [4.69, 9.17) is 0 Å². The molecule has 0 saturated carbocycles. The van der Waals surface area contributed by atoms with Crippen LogP contribution in [0.25, 0.3) is 0 Å². The standard InChI is InChI=1S/C20H41NO2S/c1-4-6-8-10-12-13-14-16-18-20-21(24(3,22)23)19-17-15-11-9-7-5-2/h4H,1,5-20H2,2-3H3. The second kappa shape index (κ2) is 16.1. The van der Waals surface area contributed by atoms with Crippen molar-refractivity contribution in [2.75, 3.05) is 19.3 Å². The molecule has 0 bridgehead atoms. The summed E-state index contributed by atoms with van der Waals surface area (Å²) in [6.07, 6.45) is 20.2. The van der Waals surface area contributed by atoms with Gasteiger partial charge >= 0.3 is 0 Å². The third-order valence-electron chi connectivity index (χ3n) is 4.55. The van der Waals surface area contributed by atoms with Crippen molar-refractivity contribution in [3.8, 4) is 0 Å². The Labute approximate surface area is 152 Å². The summed E-state index contributed by atoms with van der Waals surface area (Å²) in [5, 5.41) is 0. The quantitative estimate of drug-likeness (QED) is 0.225. The van der Waals surface area contributed by atoms with Gasteiger partial charge in [-0.05, 0) is 25.7 Å². The number of hydrogen-bond donors (Lipinski definition) is 0. The normalized spacial score (nSPS) is 12.0. The summed E-state index contributed by atoms with van der Waals surface area (Å²) in [6, 6.07) is 0. The molecule has 0 aromatic rings. The molecule has 0 fully saturated rings. The summed E-state index contributed by atoms with van der Waals surface area (Å²) in [5.74, 6) is 0. The molecule has 0 aliphatic heterocycles. The molecule has 0 saturated heterocycles. The average Bonchev–Trinajstić information content (AvgIpc) is 2.53. The van der Waals surface area contributed by atoms with Gasteiger partial charge in [-0.1, -0.05) is 77.2 Å². The van der Waals surface area contributed by atoms with Crippen molar-refractivity contribution in [2.24, 2.45) is 0 Å². The van der Waals surface area contributed by atoms with Gasteiger partial charge in [0, 0.05) is 13.1 Å². The second-order valence-corrected chi connectivity index (χ2v) is 8.96. The minimum Gasteiger partial charge on any atom is -0.213 e. The maximum atomic E-state index is 11.9. The Morgan fingerprint density at radius 3 is 1.58 bits per heavy atom. The molecular formula is C20H41NO2S. The number of nitrogens with zero attached hydrogens (tertiary/aromatic N) is 1. The number of hydrogen-bond acceptors (Lipinski definition) is 2. The van der Waals surface area contributed by atoms with Gasteiger partial charge < -0.3 is 0 Å². The number of rotatable bonds is 18. The third kappa shape index (κ3) is 15.2. The Hall–Kier alpha value is -0.350. The van der Waals surface area contributed by atoms with Gasteiger partial charge in [0.2, 0.25) is 10.0 Å². The fourth-order valence-corrected chi connectivity index (χ4v) is 3.89. The van der Waals surface area contributed by atoms with E-state index >= 15 is 0 Å². The highest BCUT2D eigenvalue weighted by atomic mass is 32.2. The number of allylic oxidation sites excluding steroid dienone is 1. The fraction of sp³-hybridized carbons (Fsp3) is 0.900. The molecule has 0 aromatic heterocycles. The van der Waals surface area contributed by atoms with Crippen LogP contribution in [0.4, 0.5) is 0 Å². The molecular weight excluding hydrogens is 318 g/mol. The zero-order valence-electron chi connectivity index (χ0n) is 16.3. The van der Waals surface area contributed by atoms with Crippen LogP contribution in [0.3, 0.4) is 0 Å². The van der Waals surface area contributed by atoms with E-state index < -0.39 is 10.0 Å². The van der Waals surface area contributed by atoms with Crippen LogP contribution in [-0.2, 0) is 10.0 Å². The second-order valence-electron chi connectivity index (χ2n) is 6.98. The van der Waals surface area contributed by atoms with Gasteiger partial charge in [-0.3, -0.25) is 0 Å². The molecule has 144 valence electrons. The largest absolute Gasteiger partial charge is 0.213 e. The van der Waals surface area contributed by atoms with E-state index in [2.05, 4.69) is 13.5 Å². The van der Waals surface area contributed by atoms with Gasteiger partial charge in [0.15, 0.2) is 0 Å². The molecule has 0 radical (unpaired) electrons. The predicted molar refractivity (Wildman–Crippen MR) is 107 cm³/mol. The zero-order chi connectivity index (χ0) is 18.1. The van der Waals surface area contributed by atoms with Crippen LogP contribution in [0, 0.1) is 0 Å². The van der Waals surface area contributed by atoms with Gasteiger partial charge in [0.1, 0.15) is 0 Å². The lowest BCUT2D eigenvalue weighted by Crippen LogP contribution is -2.32. The molecule has 0 aliphatic rings. The van der Waals surface area contributed by atoms with Crippen molar-refractivity contribution in [3.63, 3.8) is 0 Å². The van der Waals surface area contributed by atoms with Crippen molar-refractivity contribution in [1.82, 2.24) is 4.31 Å². The van der Waals surface area contributed by atoms with E-state index in [9.17, 15) is 8.42 Å². The first kappa shape index (κ1) is 23.6. The van der Waals surface area contributed by atoms with E-state index in [0.29, 0.717) is 13.1 Å². The summed E-state index contributed by atoms with van der Waals surface area (Å²) < 4.78 is 25.5. The molecule has 0 aromatic carbocycles. The van der Waals surface area contributed by atoms with Gasteiger partial charge in [-0.2, -0.15) is 0 Å². The Bertz CT molecular complexity index is 379. The smallest absolute Gasteiger partial charge is 0.211 e. The Morgan fingerprint density at radius 1 is 0.750 bits per heavy atom. The topological polar surface area (TPSA) is 37.4 Å². The Kier molecular flexibility index (Phi) is 15.9. The SMILES string of the molecule is C=CCCCCCCCCCN(CCCCCCCC)S(C)(=O)=O. The minimum atomic E-state index is -3.05. The molecule has 0 amide bonds. The summed E-state index contributed by atoms with van der Waals surface area (Å²) in [7, 11) is -3.05. The van der Waals surface area contributed by atoms with E-state index in [0.717, 1.165) is 32.1 Å². The summed E-state index contributed by atoms with van der Waals surface area (Å²) in [6.45, 7) is 7.36. The van der Waals surface area contributed by atoms with Crippen LogP contribution in [0.2, 0.25) is 0 Å². The molecule has 0 heterocycles. The molecule has 0 unspecified atom stereocenters. The lowest BCUT2D eigenvalue weighted by molar-refractivity contribution is 0.386. The molecule has 0 aliphatic carbocycles. The van der Waals surface area contributed by atoms with Crippen LogP contribution in [0.15, 0.2) is 12.7 Å². The van der Waals surface area contributed by atoms with Crippen molar-refractivity contribution in [3.05, 3.63) is 12.7 Å². The first-order valence-corrected chi connectivity index (χ1v) is 11.9. The van der Waals surface area contributed by atoms with Crippen molar-refractivity contribution in [1.29, 1.82) is 0 Å². The van der Waals surface area contributed by atoms with Gasteiger partial charge in [-0.25, -0.2) is 12.7 Å². The fourth-order valence-electron chi connectivity index (χ4n) is 2.97. The van der Waals surface area contributed by atoms with Crippen LogP contribution < -0.4 is 0 Å². The highest BCUT2D eigenvalue weighted by Crippen LogP contribution is 2.12. The summed E-state index contributed by atoms with van der Waals surface area (Å²) in [4.78, 5) is 0. The molecule has 0 atom stereocenters. The molecule has 0 N–H and O–H groups in total. The molecule has 24 heavy (non-hydrogen) atoms. The van der Waals surface area contributed by atoms with Crippen molar-refractivity contribution < 1.29 is 8.42 Å². The molecule has 3 nitrogen and oxygen atoms in total. The Morgan fingerprint density at radius 2 is 1.17 bits per heavy atom. The number of unbranched alkanes of at least 4 members (excludes halogenated alkanes) is 12. The highest BCUT2D eigenvalue weighted by Gasteiger charge is 2.15. The van der Waals surface area contributed by atoms with E-state index in [1.54, 1.807) is 4.31 Å². The first-order valence-electron chi connectivity index (χ1n) is 10.1. The molecule has 0 spiro atoms. The van der Waals surface area contributed by atoms with Crippen molar-refractivity contribution >= 4 is 10.0 Å². The van der Waals surface area contributed by atoms with Gasteiger partial charge in [0.25, 0.3) is 0 Å². The average molecular weight is 360 g/mol. The maximum absolute atomic E-state index is 11.9. The lowest BCUT2D eigenvalue weighted by Gasteiger charge is -2.19. The highest BCUT2D eigenvalue weighted by molar-refractivity contribution is 7.88. The predicted octanol–water partition coefficient (Wildman–Crippen LogP) is 5.92. The van der Waals surface area contributed by atoms with Crippen LogP contribution >= 0.6 is 0 Å². The minimum absolute atomic E-state index is 0.699. The van der Waals surface area contributed by atoms with E-state index in [1.165, 1.54) is 64.0 Å². The first-order chi connectivity index (χ1) is 11.5. The van der Waals surface area contributed by atoms with E-state index in [1.807, 2.05) is 6.08 Å². The van der Waals surface area contributed by atoms with Crippen LogP contribution in [0.1, 0.15) is 96.8 Å². The zero-order valence-corrected chi connectivity index (χ0v) is 17.1. The van der Waals surface area contributed by atoms with Gasteiger partial charge in [0.05, 0.1) is 6.26 Å². The summed E-state index contributed by atoms with van der Waals surface area (Å²) >= 11 is 0. The number of sulfonamides is 1. The maximum Gasteiger partial charge on any atom is 0.211 e. The van der Waals surface area contributed by atoms with Gasteiger partial charge in [-0.15, -0.1) is 6.58 Å². The van der Waals surface area contributed by atoms with Crippen LogP contribution in [-0.4, -0.2) is 32.1 Å². The van der Waals surface area contributed by atoms with Crippen molar-refractivity contribution in [2.45, 2.75) is 96.8 Å².